The van der Waals surface area contributed by atoms with Gasteiger partial charge in [0.15, 0.2) is 0 Å². The Balaban J connectivity index is 3.79. The molecule has 0 aromatic rings. The Kier molecular flexibility index (Phi) is 6.44. The minimum Gasteiger partial charge on any atom is -0.202 e. The van der Waals surface area contributed by atoms with Crippen LogP contribution in [0.2, 0.25) is 18.1 Å². The summed E-state index contributed by atoms with van der Waals surface area (Å²) < 4.78 is 0. The molecule has 0 aromatic carbocycles. The fourth-order valence-electron chi connectivity index (χ4n) is 1.77. The van der Waals surface area contributed by atoms with Crippen molar-refractivity contribution in [3.8, 4) is 0 Å². The van der Waals surface area contributed by atoms with Crippen LogP contribution < -0.4 is 0 Å². The second-order valence-electron chi connectivity index (χ2n) is 3.47. The average Bonchev–Trinajstić information content (AvgIpc) is 1.88. The minimum atomic E-state index is -1.05. The molecule has 0 fully saturated rings. The van der Waals surface area contributed by atoms with Crippen molar-refractivity contribution in [2.24, 2.45) is 0 Å². The van der Waals surface area contributed by atoms with E-state index in [2.05, 4.69) is 20.8 Å². The van der Waals surface area contributed by atoms with Crippen LogP contribution in [0.3, 0.4) is 0 Å². The molecule has 0 saturated carbocycles. The van der Waals surface area contributed by atoms with Crippen LogP contribution in [0.4, 0.5) is 0 Å². The Morgan fingerprint density at radius 3 is 1.27 bits per heavy atom. The van der Waals surface area contributed by atoms with Crippen molar-refractivity contribution >= 4 is 19.3 Å². The van der Waals surface area contributed by atoms with Gasteiger partial charge in [-0.3, -0.25) is 0 Å². The number of hydrogen-bond donors (Lipinski definition) is 1. The lowest BCUT2D eigenvalue weighted by atomic mass is 10.6. The Morgan fingerprint density at radius 2 is 1.09 bits per heavy atom. The molecule has 0 atom stereocenters. The molecule has 11 heavy (non-hydrogen) atoms. The summed E-state index contributed by atoms with van der Waals surface area (Å²) >= 11 is 4.90. The zero-order valence-electron chi connectivity index (χ0n) is 8.19. The van der Waals surface area contributed by atoms with Gasteiger partial charge >= 0.3 is 0 Å². The van der Waals surface area contributed by atoms with E-state index in [-0.39, 0.29) is 0 Å². The third-order valence-electron chi connectivity index (χ3n) is 2.15. The van der Waals surface area contributed by atoms with Crippen LogP contribution in [0.25, 0.3) is 0 Å². The predicted molar refractivity (Wildman–Crippen MR) is 60.0 cm³/mol. The van der Waals surface area contributed by atoms with Crippen molar-refractivity contribution in [2.45, 2.75) is 58.2 Å². The number of thiol groups is 1. The molecule has 0 aromatic heterocycles. The molecule has 0 rings (SSSR count). The quantitative estimate of drug-likeness (QED) is 0.473. The predicted octanol–water partition coefficient (Wildman–Crippen LogP) is 4.09. The molecular weight excluding hydrogens is 168 g/mol. The van der Waals surface area contributed by atoms with E-state index in [1.54, 1.807) is 0 Å². The Bertz CT molecular complexity index is 76.5. The SMILES string of the molecule is CCC[Si](S)(CCC)CCC. The summed E-state index contributed by atoms with van der Waals surface area (Å²) in [4.78, 5) is 0. The van der Waals surface area contributed by atoms with E-state index in [1.165, 1.54) is 37.4 Å². The van der Waals surface area contributed by atoms with Crippen molar-refractivity contribution in [1.82, 2.24) is 0 Å². The van der Waals surface area contributed by atoms with Crippen LogP contribution in [-0.2, 0) is 0 Å². The maximum atomic E-state index is 4.90. The summed E-state index contributed by atoms with van der Waals surface area (Å²) in [7, 11) is -1.05. The topological polar surface area (TPSA) is 0 Å². The van der Waals surface area contributed by atoms with E-state index in [9.17, 15) is 0 Å². The van der Waals surface area contributed by atoms with Gasteiger partial charge in [0.25, 0.3) is 0 Å². The van der Waals surface area contributed by atoms with Crippen LogP contribution in [0.1, 0.15) is 40.0 Å². The zero-order valence-corrected chi connectivity index (χ0v) is 10.1. The largest absolute Gasteiger partial charge is 0.202 e. The average molecular weight is 190 g/mol. The summed E-state index contributed by atoms with van der Waals surface area (Å²) in [5.74, 6) is 0. The zero-order chi connectivity index (χ0) is 8.74. The molecule has 68 valence electrons. The van der Waals surface area contributed by atoms with Gasteiger partial charge in [-0.05, 0) is 18.1 Å². The highest BCUT2D eigenvalue weighted by Crippen LogP contribution is 2.29. The smallest absolute Gasteiger partial charge is 0.113 e. The Hall–Kier alpha value is 0.567. The minimum absolute atomic E-state index is 1.05. The van der Waals surface area contributed by atoms with Crippen molar-refractivity contribution in [1.29, 1.82) is 0 Å². The molecule has 0 radical (unpaired) electrons. The first-order valence-electron chi connectivity index (χ1n) is 4.91. The van der Waals surface area contributed by atoms with Crippen LogP contribution in [0.5, 0.6) is 0 Å². The highest BCUT2D eigenvalue weighted by atomic mass is 32.3. The second kappa shape index (κ2) is 6.12. The molecule has 0 aliphatic heterocycles. The van der Waals surface area contributed by atoms with Gasteiger partial charge in [0, 0.05) is 0 Å². The van der Waals surface area contributed by atoms with E-state index in [0.717, 1.165) is 0 Å². The normalized spacial score (nSPS) is 12.0. The number of rotatable bonds is 6. The van der Waals surface area contributed by atoms with E-state index in [1.807, 2.05) is 0 Å². The van der Waals surface area contributed by atoms with Gasteiger partial charge in [0.1, 0.15) is 7.22 Å². The maximum absolute atomic E-state index is 4.90. The molecule has 2 heteroatoms. The molecule has 0 spiro atoms. The van der Waals surface area contributed by atoms with Gasteiger partial charge in [-0.2, -0.15) is 0 Å². The van der Waals surface area contributed by atoms with Crippen LogP contribution in [0.15, 0.2) is 0 Å². The standard InChI is InChI=1S/C9H22SSi/c1-4-7-11(10,8-5-2)9-6-3/h10H,4-9H2,1-3H3. The van der Waals surface area contributed by atoms with Crippen LogP contribution >= 0.6 is 12.1 Å². The molecule has 0 heterocycles. The maximum Gasteiger partial charge on any atom is 0.113 e. The van der Waals surface area contributed by atoms with Crippen molar-refractivity contribution in [3.63, 3.8) is 0 Å². The van der Waals surface area contributed by atoms with E-state index >= 15 is 0 Å². The highest BCUT2D eigenvalue weighted by Gasteiger charge is 2.24. The number of hydrogen-bond acceptors (Lipinski definition) is 1. The first-order valence-corrected chi connectivity index (χ1v) is 8.82. The van der Waals surface area contributed by atoms with Gasteiger partial charge in [-0.15, -0.1) is 0 Å². The molecule has 0 N–H and O–H groups in total. The van der Waals surface area contributed by atoms with Crippen molar-refractivity contribution in [3.05, 3.63) is 0 Å². The summed E-state index contributed by atoms with van der Waals surface area (Å²) in [6.45, 7) is 6.84. The molecule has 0 amide bonds. The van der Waals surface area contributed by atoms with E-state index in [4.69, 9.17) is 12.1 Å². The van der Waals surface area contributed by atoms with Gasteiger partial charge in [0.2, 0.25) is 0 Å². The Labute approximate surface area is 77.8 Å². The van der Waals surface area contributed by atoms with Crippen LogP contribution in [-0.4, -0.2) is 7.22 Å². The molecular formula is C9H22SSi. The van der Waals surface area contributed by atoms with Crippen molar-refractivity contribution in [2.75, 3.05) is 0 Å². The van der Waals surface area contributed by atoms with Crippen LogP contribution in [0, 0.1) is 0 Å². The fraction of sp³-hybridized carbons (Fsp3) is 1.00. The molecule has 0 saturated heterocycles. The fourth-order valence-corrected chi connectivity index (χ4v) is 7.33. The van der Waals surface area contributed by atoms with Gasteiger partial charge in [0.05, 0.1) is 0 Å². The Morgan fingerprint density at radius 1 is 0.818 bits per heavy atom. The molecule has 0 nitrogen and oxygen atoms in total. The van der Waals surface area contributed by atoms with Gasteiger partial charge in [-0.25, -0.2) is 12.1 Å². The summed E-state index contributed by atoms with van der Waals surface area (Å²) in [5.41, 5.74) is 0. The lowest BCUT2D eigenvalue weighted by Crippen LogP contribution is -2.25. The molecule has 0 aliphatic rings. The third-order valence-corrected chi connectivity index (χ3v) is 8.45. The highest BCUT2D eigenvalue weighted by molar-refractivity contribution is 8.14. The first kappa shape index (κ1) is 11.6. The van der Waals surface area contributed by atoms with Gasteiger partial charge < -0.3 is 0 Å². The first-order chi connectivity index (χ1) is 5.18. The lowest BCUT2D eigenvalue weighted by molar-refractivity contribution is 0.950. The monoisotopic (exact) mass is 190 g/mol. The summed E-state index contributed by atoms with van der Waals surface area (Å²) in [5, 5.41) is 0. The lowest BCUT2D eigenvalue weighted by Gasteiger charge is -2.24. The van der Waals surface area contributed by atoms with E-state index < -0.39 is 7.22 Å². The van der Waals surface area contributed by atoms with Crippen molar-refractivity contribution < 1.29 is 0 Å². The molecule has 0 unspecified atom stereocenters. The second-order valence-corrected chi connectivity index (χ2v) is 10.3. The summed E-state index contributed by atoms with van der Waals surface area (Å²) in [6, 6.07) is 4.24. The molecule has 0 aliphatic carbocycles. The molecule has 0 bridgehead atoms. The summed E-state index contributed by atoms with van der Waals surface area (Å²) in [6.07, 6.45) is 3.99. The van der Waals surface area contributed by atoms with E-state index in [0.29, 0.717) is 0 Å². The van der Waals surface area contributed by atoms with Gasteiger partial charge in [-0.1, -0.05) is 40.0 Å². The third kappa shape index (κ3) is 4.91.